The predicted molar refractivity (Wildman–Crippen MR) is 132 cm³/mol. The summed E-state index contributed by atoms with van der Waals surface area (Å²) in [5.74, 6) is -1.94. The summed E-state index contributed by atoms with van der Waals surface area (Å²) < 4.78 is 19.0. The number of carbonyl (C=O) groups excluding carboxylic acids is 3. The van der Waals surface area contributed by atoms with Crippen LogP contribution in [0.15, 0.2) is 60.2 Å². The molecule has 0 atom stereocenters. The van der Waals surface area contributed by atoms with Crippen molar-refractivity contribution in [2.75, 3.05) is 4.90 Å². The Morgan fingerprint density at radius 3 is 2.34 bits per heavy atom. The van der Waals surface area contributed by atoms with E-state index in [-0.39, 0.29) is 33.7 Å². The number of carbonyl (C=O) groups is 3. The van der Waals surface area contributed by atoms with Crippen LogP contribution in [0.4, 0.5) is 14.9 Å². The Morgan fingerprint density at radius 2 is 1.66 bits per heavy atom. The lowest BCUT2D eigenvalue weighted by Crippen LogP contribution is -2.54. The molecule has 1 saturated heterocycles. The number of rotatable bonds is 5. The van der Waals surface area contributed by atoms with E-state index in [2.05, 4.69) is 5.32 Å². The van der Waals surface area contributed by atoms with Crippen LogP contribution in [0, 0.1) is 12.7 Å². The molecule has 3 aromatic carbocycles. The van der Waals surface area contributed by atoms with Gasteiger partial charge in [0.05, 0.1) is 15.7 Å². The van der Waals surface area contributed by atoms with E-state index in [1.54, 1.807) is 37.3 Å². The molecule has 0 radical (unpaired) electrons. The number of barbiturate groups is 1. The molecule has 6 nitrogen and oxygen atoms in total. The number of benzene rings is 3. The molecule has 0 saturated carbocycles. The number of hydrogen-bond acceptors (Lipinski definition) is 4. The van der Waals surface area contributed by atoms with E-state index in [0.717, 1.165) is 4.90 Å². The molecule has 0 spiro atoms. The summed E-state index contributed by atoms with van der Waals surface area (Å²) >= 11 is 18.8. The van der Waals surface area contributed by atoms with E-state index in [4.69, 9.17) is 39.5 Å². The second-order valence-corrected chi connectivity index (χ2v) is 8.80. The Balaban J connectivity index is 1.63. The van der Waals surface area contributed by atoms with E-state index in [1.807, 2.05) is 0 Å². The number of imide groups is 2. The number of amides is 4. The fourth-order valence-electron chi connectivity index (χ4n) is 3.46. The summed E-state index contributed by atoms with van der Waals surface area (Å²) in [5.41, 5.74) is 1.35. The van der Waals surface area contributed by atoms with Gasteiger partial charge >= 0.3 is 6.03 Å². The lowest BCUT2D eigenvalue weighted by molar-refractivity contribution is -0.122. The molecular formula is C25H16Cl3FN2O4. The topological polar surface area (TPSA) is 75.7 Å². The van der Waals surface area contributed by atoms with Gasteiger partial charge in [-0.1, -0.05) is 53.0 Å². The number of anilines is 1. The van der Waals surface area contributed by atoms with Crippen LogP contribution in [0.3, 0.4) is 0 Å². The zero-order chi connectivity index (χ0) is 25.3. The third-order valence-electron chi connectivity index (χ3n) is 5.19. The standard InChI is InChI=1S/C25H16Cl3FN2O4/c1-13-18(26)6-3-7-21(13)31-24(33)17(23(32)30-25(31)34)9-15-10-19(27)22(20(28)11-15)35-12-14-4-2-5-16(29)8-14/h2-11H,12H2,1H3,(H,30,32,34)/b17-9+. The second kappa shape index (κ2) is 10.1. The van der Waals surface area contributed by atoms with Crippen LogP contribution in [0.5, 0.6) is 5.75 Å². The van der Waals surface area contributed by atoms with Gasteiger partial charge in [-0.3, -0.25) is 14.9 Å². The van der Waals surface area contributed by atoms with Gasteiger partial charge in [0.15, 0.2) is 5.75 Å². The van der Waals surface area contributed by atoms with E-state index in [0.29, 0.717) is 21.7 Å². The van der Waals surface area contributed by atoms with Gasteiger partial charge < -0.3 is 4.74 Å². The van der Waals surface area contributed by atoms with Crippen LogP contribution in [-0.2, 0) is 16.2 Å². The average Bonchev–Trinajstić information content (AvgIpc) is 2.79. The second-order valence-electron chi connectivity index (χ2n) is 7.57. The molecule has 0 bridgehead atoms. The van der Waals surface area contributed by atoms with Crippen molar-refractivity contribution in [3.8, 4) is 5.75 Å². The largest absolute Gasteiger partial charge is 0.486 e. The molecule has 3 aromatic rings. The third kappa shape index (κ3) is 5.17. The number of nitrogens with one attached hydrogen (secondary N) is 1. The molecule has 178 valence electrons. The predicted octanol–water partition coefficient (Wildman–Crippen LogP) is 6.34. The molecule has 0 aliphatic carbocycles. The molecule has 1 aliphatic heterocycles. The molecule has 4 rings (SSSR count). The van der Waals surface area contributed by atoms with Crippen LogP contribution >= 0.6 is 34.8 Å². The van der Waals surface area contributed by atoms with Crippen LogP contribution in [0.1, 0.15) is 16.7 Å². The first kappa shape index (κ1) is 24.7. The highest BCUT2D eigenvalue weighted by molar-refractivity contribution is 6.40. The van der Waals surface area contributed by atoms with Crippen LogP contribution < -0.4 is 15.0 Å². The number of hydrogen-bond donors (Lipinski definition) is 1. The highest BCUT2D eigenvalue weighted by atomic mass is 35.5. The molecular weight excluding hydrogens is 518 g/mol. The number of urea groups is 1. The summed E-state index contributed by atoms with van der Waals surface area (Å²) in [7, 11) is 0. The lowest BCUT2D eigenvalue weighted by atomic mass is 10.1. The maximum atomic E-state index is 13.4. The van der Waals surface area contributed by atoms with Gasteiger partial charge in [0.25, 0.3) is 11.8 Å². The summed E-state index contributed by atoms with van der Waals surface area (Å²) in [4.78, 5) is 38.9. The first-order valence-electron chi connectivity index (χ1n) is 10.2. The minimum Gasteiger partial charge on any atom is -0.486 e. The Morgan fingerprint density at radius 1 is 0.971 bits per heavy atom. The molecule has 0 unspecified atom stereocenters. The quantitative estimate of drug-likeness (QED) is 0.307. The molecule has 0 aromatic heterocycles. The van der Waals surface area contributed by atoms with Crippen molar-refractivity contribution in [3.05, 3.63) is 97.7 Å². The van der Waals surface area contributed by atoms with Crippen molar-refractivity contribution in [2.45, 2.75) is 13.5 Å². The van der Waals surface area contributed by atoms with Crippen molar-refractivity contribution in [3.63, 3.8) is 0 Å². The lowest BCUT2D eigenvalue weighted by Gasteiger charge is -2.27. The fourth-order valence-corrected chi connectivity index (χ4v) is 4.25. The monoisotopic (exact) mass is 532 g/mol. The smallest absolute Gasteiger partial charge is 0.335 e. The van der Waals surface area contributed by atoms with E-state index in [9.17, 15) is 18.8 Å². The molecule has 4 amide bonds. The number of nitrogens with zero attached hydrogens (tertiary/aromatic N) is 1. The van der Waals surface area contributed by atoms with Crippen molar-refractivity contribution >= 4 is 64.4 Å². The molecule has 1 heterocycles. The molecule has 10 heteroatoms. The normalized spacial score (nSPS) is 14.9. The summed E-state index contributed by atoms with van der Waals surface area (Å²) in [6.07, 6.45) is 1.27. The Bertz CT molecular complexity index is 1380. The Kier molecular flexibility index (Phi) is 7.12. The van der Waals surface area contributed by atoms with Gasteiger partial charge in [0.1, 0.15) is 18.0 Å². The highest BCUT2D eigenvalue weighted by Gasteiger charge is 2.37. The van der Waals surface area contributed by atoms with Gasteiger partial charge in [0, 0.05) is 5.02 Å². The molecule has 1 N–H and O–H groups in total. The summed E-state index contributed by atoms with van der Waals surface area (Å²) in [6.45, 7) is 1.68. The fraction of sp³-hybridized carbons (Fsp3) is 0.0800. The van der Waals surface area contributed by atoms with Crippen LogP contribution in [0.2, 0.25) is 15.1 Å². The van der Waals surface area contributed by atoms with E-state index >= 15 is 0 Å². The van der Waals surface area contributed by atoms with Crippen molar-refractivity contribution in [2.24, 2.45) is 0 Å². The minimum atomic E-state index is -0.889. The Hall–Kier alpha value is -3.39. The zero-order valence-electron chi connectivity index (χ0n) is 18.1. The Labute approximate surface area is 214 Å². The van der Waals surface area contributed by atoms with Gasteiger partial charge in [-0.15, -0.1) is 0 Å². The first-order chi connectivity index (χ1) is 16.7. The molecule has 1 fully saturated rings. The summed E-state index contributed by atoms with van der Waals surface area (Å²) in [6, 6.07) is 12.7. The van der Waals surface area contributed by atoms with Gasteiger partial charge in [0.2, 0.25) is 0 Å². The first-order valence-corrected chi connectivity index (χ1v) is 11.3. The van der Waals surface area contributed by atoms with E-state index in [1.165, 1.54) is 30.3 Å². The maximum Gasteiger partial charge on any atom is 0.335 e. The maximum absolute atomic E-state index is 13.4. The van der Waals surface area contributed by atoms with Crippen molar-refractivity contribution in [1.29, 1.82) is 0 Å². The molecule has 35 heavy (non-hydrogen) atoms. The zero-order valence-corrected chi connectivity index (χ0v) is 20.3. The van der Waals surface area contributed by atoms with Crippen LogP contribution in [0.25, 0.3) is 6.08 Å². The number of ether oxygens (including phenoxy) is 1. The average molecular weight is 534 g/mol. The highest BCUT2D eigenvalue weighted by Crippen LogP contribution is 2.36. The van der Waals surface area contributed by atoms with Gasteiger partial charge in [-0.05, 0) is 66.1 Å². The number of halogens is 4. The van der Waals surface area contributed by atoms with Gasteiger partial charge in [-0.2, -0.15) is 0 Å². The van der Waals surface area contributed by atoms with Crippen molar-refractivity contribution in [1.82, 2.24) is 5.32 Å². The summed E-state index contributed by atoms with van der Waals surface area (Å²) in [5, 5.41) is 2.74. The minimum absolute atomic E-state index is 0.0224. The third-order valence-corrected chi connectivity index (χ3v) is 6.16. The van der Waals surface area contributed by atoms with E-state index < -0.39 is 23.7 Å². The van der Waals surface area contributed by atoms with Crippen molar-refractivity contribution < 1.29 is 23.5 Å². The SMILES string of the molecule is Cc1c(Cl)cccc1N1C(=O)NC(=O)/C(=C\c2cc(Cl)c(OCc3cccc(F)c3)c(Cl)c2)C1=O. The van der Waals surface area contributed by atoms with Gasteiger partial charge in [-0.25, -0.2) is 14.1 Å². The van der Waals surface area contributed by atoms with Crippen LogP contribution in [-0.4, -0.2) is 17.8 Å². The molecule has 1 aliphatic rings.